The van der Waals surface area contributed by atoms with E-state index in [9.17, 15) is 19.2 Å². The van der Waals surface area contributed by atoms with Gasteiger partial charge in [0.05, 0.1) is 38.0 Å². The molecule has 1 aromatic rings. The molecule has 12 nitrogen and oxygen atoms in total. The third-order valence-electron chi connectivity index (χ3n) is 5.40. The van der Waals surface area contributed by atoms with Crippen molar-refractivity contribution in [3.63, 3.8) is 0 Å². The first kappa shape index (κ1) is 28.4. The Hall–Kier alpha value is -2.83. The van der Waals surface area contributed by atoms with E-state index in [1.165, 1.54) is 14.2 Å². The molecule has 1 aliphatic heterocycles. The molecule has 1 aromatic heterocycles. The summed E-state index contributed by atoms with van der Waals surface area (Å²) in [5.41, 5.74) is -0.271. The summed E-state index contributed by atoms with van der Waals surface area (Å²) < 4.78 is 20.5. The maximum absolute atomic E-state index is 13.0. The summed E-state index contributed by atoms with van der Waals surface area (Å²) in [4.78, 5) is 51.2. The Morgan fingerprint density at radius 3 is 2.03 bits per heavy atom. The van der Waals surface area contributed by atoms with Gasteiger partial charge in [0.1, 0.15) is 23.4 Å². The zero-order chi connectivity index (χ0) is 26.2. The molecule has 1 saturated heterocycles. The highest BCUT2D eigenvalue weighted by molar-refractivity contribution is 5.98. The van der Waals surface area contributed by atoms with Crippen LogP contribution in [0.5, 0.6) is 0 Å². The lowest BCUT2D eigenvalue weighted by Crippen LogP contribution is -2.58. The van der Waals surface area contributed by atoms with Gasteiger partial charge < -0.3 is 34.7 Å². The van der Waals surface area contributed by atoms with Crippen molar-refractivity contribution in [3.05, 3.63) is 17.5 Å². The van der Waals surface area contributed by atoms with E-state index in [0.29, 0.717) is 24.5 Å². The maximum atomic E-state index is 13.0. The van der Waals surface area contributed by atoms with Gasteiger partial charge in [0.2, 0.25) is 17.7 Å². The van der Waals surface area contributed by atoms with Crippen LogP contribution in [0.1, 0.15) is 38.6 Å². The van der Waals surface area contributed by atoms with Crippen molar-refractivity contribution < 1.29 is 37.9 Å². The Labute approximate surface area is 204 Å². The number of hydrogen-bond acceptors (Lipinski definition) is 9. The van der Waals surface area contributed by atoms with Gasteiger partial charge >= 0.3 is 0 Å². The molecule has 35 heavy (non-hydrogen) atoms. The smallest absolute Gasteiger partial charge is 0.245 e. The average molecular weight is 497 g/mol. The summed E-state index contributed by atoms with van der Waals surface area (Å²) in [5, 5.41) is 11.6. The van der Waals surface area contributed by atoms with Crippen LogP contribution in [0, 0.1) is 12.8 Å². The number of epoxide rings is 1. The topological polar surface area (TPSA) is 161 Å². The molecule has 0 radical (unpaired) electrons. The number of amides is 3. The van der Waals surface area contributed by atoms with E-state index in [1.807, 2.05) is 13.8 Å². The fraction of sp³-hybridized carbons (Fsp3) is 0.696. The molecular weight excluding hydrogens is 460 g/mol. The summed E-state index contributed by atoms with van der Waals surface area (Å²) in [6, 6.07) is -1.33. The standard InChI is InChI=1S/C23H36N4O8/c1-13(2)7-16(20(29)23(4)12-34-23)25-22(31)18(11-33-6)26-21(30)17(10-32-5)24-19(28)9-15-8-14(3)27-35-15/h8,13,16-18H,7,9-12H2,1-6H3,(H,24,28)(H,25,31)(H,26,30)/t16-,17-,18-,23-/m0/s1. The highest BCUT2D eigenvalue weighted by Gasteiger charge is 2.50. The van der Waals surface area contributed by atoms with E-state index in [2.05, 4.69) is 21.1 Å². The van der Waals surface area contributed by atoms with E-state index in [0.717, 1.165) is 0 Å². The van der Waals surface area contributed by atoms with Crippen LogP contribution in [-0.2, 0) is 39.8 Å². The summed E-state index contributed by atoms with van der Waals surface area (Å²) >= 11 is 0. The van der Waals surface area contributed by atoms with E-state index < -0.39 is 41.4 Å². The molecule has 196 valence electrons. The minimum atomic E-state index is -1.10. The van der Waals surface area contributed by atoms with Crippen molar-refractivity contribution in [1.82, 2.24) is 21.1 Å². The van der Waals surface area contributed by atoms with Crippen LogP contribution >= 0.6 is 0 Å². The monoisotopic (exact) mass is 496 g/mol. The molecular formula is C23H36N4O8. The Kier molecular flexibility index (Phi) is 10.3. The molecule has 3 amide bonds. The fourth-order valence-electron chi connectivity index (χ4n) is 3.47. The second kappa shape index (κ2) is 12.8. The second-order valence-electron chi connectivity index (χ2n) is 9.28. The highest BCUT2D eigenvalue weighted by Crippen LogP contribution is 2.29. The lowest BCUT2D eigenvalue weighted by Gasteiger charge is -2.26. The number of nitrogens with one attached hydrogen (secondary N) is 3. The number of hydrogen-bond donors (Lipinski definition) is 3. The molecule has 3 N–H and O–H groups in total. The van der Waals surface area contributed by atoms with E-state index in [-0.39, 0.29) is 31.3 Å². The first-order chi connectivity index (χ1) is 16.5. The number of rotatable bonds is 15. The molecule has 0 unspecified atom stereocenters. The molecule has 0 aliphatic carbocycles. The third-order valence-corrected chi connectivity index (χ3v) is 5.40. The van der Waals surface area contributed by atoms with Gasteiger partial charge in [0.15, 0.2) is 5.78 Å². The largest absolute Gasteiger partial charge is 0.382 e. The third kappa shape index (κ3) is 8.71. The van der Waals surface area contributed by atoms with Crippen molar-refractivity contribution >= 4 is 23.5 Å². The van der Waals surface area contributed by atoms with Gasteiger partial charge in [0.25, 0.3) is 0 Å². The number of ketones is 1. The summed E-state index contributed by atoms with van der Waals surface area (Å²) in [6.45, 7) is 7.33. The fourth-order valence-corrected chi connectivity index (χ4v) is 3.47. The second-order valence-corrected chi connectivity index (χ2v) is 9.28. The highest BCUT2D eigenvalue weighted by atomic mass is 16.6. The van der Waals surface area contributed by atoms with Crippen LogP contribution < -0.4 is 16.0 Å². The van der Waals surface area contributed by atoms with Gasteiger partial charge in [-0.3, -0.25) is 19.2 Å². The van der Waals surface area contributed by atoms with Crippen molar-refractivity contribution in [2.24, 2.45) is 5.92 Å². The van der Waals surface area contributed by atoms with Crippen molar-refractivity contribution in [2.75, 3.05) is 34.0 Å². The summed E-state index contributed by atoms with van der Waals surface area (Å²) in [7, 11) is 2.77. The summed E-state index contributed by atoms with van der Waals surface area (Å²) in [5.74, 6) is -1.43. The number of carbonyl (C=O) groups excluding carboxylic acids is 4. The van der Waals surface area contributed by atoms with Crippen LogP contribution in [0.25, 0.3) is 0 Å². The molecule has 0 bridgehead atoms. The van der Waals surface area contributed by atoms with E-state index in [4.69, 9.17) is 18.7 Å². The zero-order valence-corrected chi connectivity index (χ0v) is 21.1. The van der Waals surface area contributed by atoms with Gasteiger partial charge in [0, 0.05) is 20.3 Å². The molecule has 2 rings (SSSR count). The molecule has 12 heteroatoms. The number of ether oxygens (including phenoxy) is 3. The molecule has 1 fully saturated rings. The minimum absolute atomic E-state index is 0.115. The lowest BCUT2D eigenvalue weighted by atomic mass is 9.93. The van der Waals surface area contributed by atoms with Crippen molar-refractivity contribution in [2.45, 2.75) is 64.3 Å². The van der Waals surface area contributed by atoms with Gasteiger partial charge in [-0.15, -0.1) is 0 Å². The molecule has 4 atom stereocenters. The number of Topliss-reactive ketones (excluding diaryl/α,β-unsaturated/α-hetero) is 1. The Balaban J connectivity index is 2.04. The molecule has 0 spiro atoms. The van der Waals surface area contributed by atoms with Crippen molar-refractivity contribution in [1.29, 1.82) is 0 Å². The van der Waals surface area contributed by atoms with Crippen LogP contribution in [0.3, 0.4) is 0 Å². The van der Waals surface area contributed by atoms with Gasteiger partial charge in [-0.2, -0.15) is 0 Å². The van der Waals surface area contributed by atoms with E-state index >= 15 is 0 Å². The quantitative estimate of drug-likeness (QED) is 0.276. The SMILES string of the molecule is COC[C@H](NC(=O)Cc1cc(C)no1)C(=O)N[C@@H](COC)C(=O)N[C@@H](CC(C)C)C(=O)[C@]1(C)CO1. The molecule has 0 saturated carbocycles. The van der Waals surface area contributed by atoms with Crippen LogP contribution in [-0.4, -0.2) is 86.4 Å². The number of carbonyl (C=O) groups is 4. The Morgan fingerprint density at radius 2 is 1.57 bits per heavy atom. The van der Waals surface area contributed by atoms with E-state index in [1.54, 1.807) is 19.9 Å². The van der Waals surface area contributed by atoms with Gasteiger partial charge in [-0.1, -0.05) is 19.0 Å². The first-order valence-electron chi connectivity index (χ1n) is 11.5. The molecule has 2 heterocycles. The van der Waals surface area contributed by atoms with Crippen LogP contribution in [0.15, 0.2) is 10.6 Å². The lowest BCUT2D eigenvalue weighted by molar-refractivity contribution is -0.135. The maximum Gasteiger partial charge on any atom is 0.245 e. The number of nitrogens with zero attached hydrogens (tertiary/aromatic N) is 1. The normalized spacial score (nSPS) is 19.5. The zero-order valence-electron chi connectivity index (χ0n) is 21.1. The minimum Gasteiger partial charge on any atom is -0.382 e. The predicted molar refractivity (Wildman–Crippen MR) is 123 cm³/mol. The van der Waals surface area contributed by atoms with Crippen molar-refractivity contribution in [3.8, 4) is 0 Å². The Bertz CT molecular complexity index is 896. The molecule has 0 aromatic carbocycles. The van der Waals surface area contributed by atoms with Crippen LogP contribution in [0.4, 0.5) is 0 Å². The summed E-state index contributed by atoms with van der Waals surface area (Å²) in [6.07, 6.45) is 0.302. The first-order valence-corrected chi connectivity index (χ1v) is 11.5. The van der Waals surface area contributed by atoms with Gasteiger partial charge in [-0.25, -0.2) is 0 Å². The van der Waals surface area contributed by atoms with Crippen LogP contribution in [0.2, 0.25) is 0 Å². The number of aromatic nitrogens is 1. The average Bonchev–Trinajstić information content (AvgIpc) is 3.41. The Morgan fingerprint density at radius 1 is 1.03 bits per heavy atom. The van der Waals surface area contributed by atoms with Gasteiger partial charge in [-0.05, 0) is 26.2 Å². The number of methoxy groups -OCH3 is 2. The molecule has 1 aliphatic rings. The predicted octanol–water partition coefficient (Wildman–Crippen LogP) is -0.323. The number of aryl methyl sites for hydroxylation is 1.